The van der Waals surface area contributed by atoms with Crippen LogP contribution in [0.5, 0.6) is 0 Å². The highest BCUT2D eigenvalue weighted by atomic mass is 16.1. The van der Waals surface area contributed by atoms with Gasteiger partial charge in [0.05, 0.1) is 0 Å². The zero-order chi connectivity index (χ0) is 25.1. The van der Waals surface area contributed by atoms with Gasteiger partial charge in [-0.25, -0.2) is 19.3 Å². The van der Waals surface area contributed by atoms with Crippen molar-refractivity contribution >= 4 is 22.7 Å². The van der Waals surface area contributed by atoms with Crippen LogP contribution in [-0.4, -0.2) is 24.3 Å². The first-order valence-electron chi connectivity index (χ1n) is 12.1. The molecule has 0 spiro atoms. The molecule has 4 aromatic rings. The van der Waals surface area contributed by atoms with Gasteiger partial charge < -0.3 is 10.6 Å². The number of aromatic nitrogens is 5. The monoisotopic (exact) mass is 471 g/mol. The third-order valence-corrected chi connectivity index (χ3v) is 6.59. The van der Waals surface area contributed by atoms with E-state index in [0.717, 1.165) is 17.9 Å². The first-order valence-corrected chi connectivity index (χ1v) is 12.1. The second kappa shape index (κ2) is 8.02. The summed E-state index contributed by atoms with van der Waals surface area (Å²) in [5.41, 5.74) is 4.65. The quantitative estimate of drug-likeness (QED) is 0.438. The summed E-state index contributed by atoms with van der Waals surface area (Å²) in [6, 6.07) is 12.1. The van der Waals surface area contributed by atoms with E-state index in [1.165, 1.54) is 11.1 Å². The van der Waals surface area contributed by atoms with Crippen molar-refractivity contribution in [2.24, 2.45) is 0 Å². The summed E-state index contributed by atoms with van der Waals surface area (Å²) in [5, 5.41) is 7.33. The fraction of sp³-hybridized carbons (Fsp3) is 0.407. The van der Waals surface area contributed by atoms with Crippen molar-refractivity contribution in [3.63, 3.8) is 0 Å². The predicted molar refractivity (Wildman–Crippen MR) is 140 cm³/mol. The van der Waals surface area contributed by atoms with Gasteiger partial charge in [-0.15, -0.1) is 0 Å². The average molecular weight is 472 g/mol. The van der Waals surface area contributed by atoms with Gasteiger partial charge in [0.1, 0.15) is 5.39 Å². The summed E-state index contributed by atoms with van der Waals surface area (Å²) in [7, 11) is 0. The summed E-state index contributed by atoms with van der Waals surface area (Å²) in [5.74, 6) is 1.10. The minimum atomic E-state index is -0.129. The highest BCUT2D eigenvalue weighted by Crippen LogP contribution is 2.32. The molecule has 1 aliphatic heterocycles. The van der Waals surface area contributed by atoms with Gasteiger partial charge >= 0.3 is 0 Å². The molecule has 0 bridgehead atoms. The lowest BCUT2D eigenvalue weighted by molar-refractivity contribution is 0.442. The molecule has 0 amide bonds. The number of hydrogen-bond acceptors (Lipinski definition) is 6. The molecule has 0 fully saturated rings. The summed E-state index contributed by atoms with van der Waals surface area (Å²) < 4.78 is 3.51. The minimum Gasteiger partial charge on any atom is -0.324 e. The van der Waals surface area contributed by atoms with Gasteiger partial charge in [0, 0.05) is 41.1 Å². The van der Waals surface area contributed by atoms with Gasteiger partial charge in [-0.05, 0) is 63.1 Å². The number of fused-ring (bicyclic) bond motifs is 2. The Morgan fingerprint density at radius 2 is 1.89 bits per heavy atom. The Hall–Kier alpha value is -3.52. The highest BCUT2D eigenvalue weighted by molar-refractivity contribution is 5.77. The molecule has 0 saturated heterocycles. The van der Waals surface area contributed by atoms with Crippen LogP contribution < -0.4 is 16.2 Å². The van der Waals surface area contributed by atoms with Crippen LogP contribution in [0, 0.1) is 0 Å². The van der Waals surface area contributed by atoms with E-state index in [-0.39, 0.29) is 22.6 Å². The zero-order valence-corrected chi connectivity index (χ0v) is 21.5. The van der Waals surface area contributed by atoms with Crippen molar-refractivity contribution < 1.29 is 0 Å². The van der Waals surface area contributed by atoms with Gasteiger partial charge in [0.15, 0.2) is 11.5 Å². The molecule has 35 heavy (non-hydrogen) atoms. The second-order valence-corrected chi connectivity index (χ2v) is 11.1. The van der Waals surface area contributed by atoms with Crippen LogP contribution in [0.4, 0.5) is 11.6 Å². The summed E-state index contributed by atoms with van der Waals surface area (Å²) in [6.07, 6.45) is 1.61. The molecule has 4 heterocycles. The Bertz CT molecular complexity index is 1490. The molecule has 1 aliphatic rings. The van der Waals surface area contributed by atoms with Gasteiger partial charge in [0.2, 0.25) is 5.95 Å². The maximum absolute atomic E-state index is 13.3. The largest absolute Gasteiger partial charge is 0.324 e. The van der Waals surface area contributed by atoms with Crippen LogP contribution in [-0.2, 0) is 17.5 Å². The summed E-state index contributed by atoms with van der Waals surface area (Å²) in [6.45, 7) is 15.5. The summed E-state index contributed by atoms with van der Waals surface area (Å²) in [4.78, 5) is 27.5. The number of anilines is 2. The molecule has 8 nitrogen and oxygen atoms in total. The number of hydrogen-bond donors (Lipinski definition) is 2. The first-order chi connectivity index (χ1) is 16.5. The van der Waals surface area contributed by atoms with Crippen LogP contribution in [0.1, 0.15) is 71.3 Å². The van der Waals surface area contributed by atoms with Gasteiger partial charge in [-0.1, -0.05) is 32.9 Å². The topological polar surface area (TPSA) is 89.7 Å². The van der Waals surface area contributed by atoms with Crippen molar-refractivity contribution in [2.75, 3.05) is 5.32 Å². The molecular formula is C27H33N7O. The molecule has 0 radical (unpaired) electrons. The highest BCUT2D eigenvalue weighted by Gasteiger charge is 2.29. The molecule has 0 saturated carbocycles. The van der Waals surface area contributed by atoms with Gasteiger partial charge in [-0.2, -0.15) is 4.98 Å². The van der Waals surface area contributed by atoms with Gasteiger partial charge in [-0.3, -0.25) is 4.79 Å². The fourth-order valence-corrected chi connectivity index (χ4v) is 4.67. The normalized spacial score (nSPS) is 15.1. The molecule has 8 heteroatoms. The minimum absolute atomic E-state index is 0.0340. The van der Waals surface area contributed by atoms with Crippen molar-refractivity contribution in [1.82, 2.24) is 29.6 Å². The number of nitrogens with zero attached hydrogens (tertiary/aromatic N) is 5. The Morgan fingerprint density at radius 3 is 2.60 bits per heavy atom. The van der Waals surface area contributed by atoms with Crippen LogP contribution >= 0.6 is 0 Å². The predicted octanol–water partition coefficient (Wildman–Crippen LogP) is 4.94. The SMILES string of the molecule is CC(C)n1c(=O)c2cnc(Nc3ccc4c(c3)CNC4(C)C)nc2n1-c1cccc(C(C)(C)C)n1. The van der Waals surface area contributed by atoms with E-state index in [1.807, 2.05) is 42.8 Å². The van der Waals surface area contributed by atoms with Crippen molar-refractivity contribution in [3.8, 4) is 5.82 Å². The maximum Gasteiger partial charge on any atom is 0.278 e. The van der Waals surface area contributed by atoms with Crippen LogP contribution in [0.3, 0.4) is 0 Å². The van der Waals surface area contributed by atoms with Crippen LogP contribution in [0.2, 0.25) is 0 Å². The average Bonchev–Trinajstić information content (AvgIpc) is 3.26. The Morgan fingerprint density at radius 1 is 1.11 bits per heavy atom. The number of pyridine rings is 1. The lowest BCUT2D eigenvalue weighted by atomic mass is 9.92. The molecule has 0 aliphatic carbocycles. The molecule has 0 unspecified atom stereocenters. The van der Waals surface area contributed by atoms with Crippen molar-refractivity contribution in [1.29, 1.82) is 0 Å². The Balaban J connectivity index is 1.62. The molecule has 1 aromatic carbocycles. The number of nitrogens with one attached hydrogen (secondary N) is 2. The van der Waals surface area contributed by atoms with E-state index in [4.69, 9.17) is 9.97 Å². The first kappa shape index (κ1) is 23.2. The third kappa shape index (κ3) is 4.01. The number of benzene rings is 1. The fourth-order valence-electron chi connectivity index (χ4n) is 4.67. The van der Waals surface area contributed by atoms with E-state index < -0.39 is 0 Å². The van der Waals surface area contributed by atoms with E-state index in [9.17, 15) is 4.79 Å². The lowest BCUT2D eigenvalue weighted by Gasteiger charge is -2.20. The van der Waals surface area contributed by atoms with Gasteiger partial charge in [0.25, 0.3) is 5.56 Å². The van der Waals surface area contributed by atoms with E-state index in [1.54, 1.807) is 10.9 Å². The van der Waals surface area contributed by atoms with Crippen molar-refractivity contribution in [2.45, 2.75) is 72.0 Å². The van der Waals surface area contributed by atoms with Crippen LogP contribution in [0.25, 0.3) is 16.9 Å². The molecule has 2 N–H and O–H groups in total. The zero-order valence-electron chi connectivity index (χ0n) is 21.5. The van der Waals surface area contributed by atoms with E-state index >= 15 is 0 Å². The molecule has 182 valence electrons. The number of rotatable bonds is 4. The molecule has 0 atom stereocenters. The molecule has 3 aromatic heterocycles. The summed E-state index contributed by atoms with van der Waals surface area (Å²) >= 11 is 0. The Kier molecular flexibility index (Phi) is 5.32. The van der Waals surface area contributed by atoms with E-state index in [0.29, 0.717) is 22.8 Å². The molecule has 5 rings (SSSR count). The Labute approximate surface area is 205 Å². The van der Waals surface area contributed by atoms with Crippen molar-refractivity contribution in [3.05, 3.63) is 69.8 Å². The third-order valence-electron chi connectivity index (χ3n) is 6.59. The smallest absolute Gasteiger partial charge is 0.278 e. The van der Waals surface area contributed by atoms with Crippen LogP contribution in [0.15, 0.2) is 47.4 Å². The van der Waals surface area contributed by atoms with E-state index in [2.05, 4.69) is 62.4 Å². The lowest BCUT2D eigenvalue weighted by Crippen LogP contribution is -2.28. The molecular weight excluding hydrogens is 438 g/mol. The second-order valence-electron chi connectivity index (χ2n) is 11.1. The maximum atomic E-state index is 13.3. The standard InChI is InChI=1S/C27H33N7O/c1-16(2)33-24(35)19-15-28-25(30-18-11-12-20-17(13-18)14-29-27(20,6)7)32-23(19)34(33)22-10-8-9-21(31-22)26(3,4)5/h8-13,15-16,29H,14H2,1-7H3,(H,28,30,32).